The number of halogens is 3. The fourth-order valence-corrected chi connectivity index (χ4v) is 4.49. The number of carbonyl (C=O) groups excluding carboxylic acids is 3. The second-order valence-corrected chi connectivity index (χ2v) is 11.6. The molecule has 0 unspecified atom stereocenters. The van der Waals surface area contributed by atoms with E-state index in [1.165, 1.54) is 12.0 Å². The third kappa shape index (κ3) is 6.34. The monoisotopic (exact) mass is 529 g/mol. The van der Waals surface area contributed by atoms with Gasteiger partial charge in [-0.25, -0.2) is 9.59 Å². The number of carbonyl (C=O) groups is 3. The molecule has 2 aliphatic rings. The molecule has 2 aliphatic heterocycles. The zero-order valence-corrected chi connectivity index (χ0v) is 22.2. The highest BCUT2D eigenvalue weighted by Gasteiger charge is 2.56. The number of aromatic nitrogens is 1. The van der Waals surface area contributed by atoms with Crippen molar-refractivity contribution in [1.82, 2.24) is 14.8 Å². The van der Waals surface area contributed by atoms with Gasteiger partial charge in [-0.05, 0) is 26.8 Å². The van der Waals surface area contributed by atoms with E-state index in [2.05, 4.69) is 4.98 Å². The maximum absolute atomic E-state index is 13.2. The van der Waals surface area contributed by atoms with Crippen molar-refractivity contribution in [3.8, 4) is 0 Å². The van der Waals surface area contributed by atoms with Crippen LogP contribution in [0.4, 0.5) is 22.8 Å². The molecule has 3 rings (SSSR count). The van der Waals surface area contributed by atoms with Gasteiger partial charge in [-0.3, -0.25) is 9.78 Å². The van der Waals surface area contributed by atoms with Gasteiger partial charge >= 0.3 is 18.4 Å². The van der Waals surface area contributed by atoms with Gasteiger partial charge in [0.05, 0.1) is 24.3 Å². The number of ketones is 1. The summed E-state index contributed by atoms with van der Waals surface area (Å²) < 4.78 is 56.2. The first kappa shape index (κ1) is 28.7. The molecule has 2 atom stereocenters. The summed E-state index contributed by atoms with van der Waals surface area (Å²) in [5.74, 6) is -0.729. The summed E-state index contributed by atoms with van der Waals surface area (Å²) in [4.78, 5) is 45.0. The maximum atomic E-state index is 13.2. The summed E-state index contributed by atoms with van der Waals surface area (Å²) >= 11 is 0. The molecule has 2 fully saturated rings. The van der Waals surface area contributed by atoms with E-state index >= 15 is 0 Å². The lowest BCUT2D eigenvalue weighted by molar-refractivity contribution is -0.137. The standard InChI is InChI=1S/C25H34F3N3O6/c1-22(2,3)19(32)17-8-15(25(26,27)28)9-29-18(17)12-36-20(33)30-10-16-11-31(14-24(16,13-30)35-7)21(34)37-23(4,5)6/h8-9,16H,10-14H2,1-7H3/t16-,24+/m1/s1. The lowest BCUT2D eigenvalue weighted by atomic mass is 9.85. The van der Waals surface area contributed by atoms with Crippen LogP contribution in [-0.4, -0.2) is 77.2 Å². The molecular formula is C25H34F3N3O6. The number of hydrogen-bond donors (Lipinski definition) is 0. The normalized spacial score (nSPS) is 22.2. The van der Waals surface area contributed by atoms with Gasteiger partial charge in [-0.1, -0.05) is 20.8 Å². The maximum Gasteiger partial charge on any atom is 0.417 e. The van der Waals surface area contributed by atoms with Crippen molar-refractivity contribution in [2.45, 2.75) is 65.5 Å². The number of nitrogens with zero attached hydrogens (tertiary/aromatic N) is 3. The lowest BCUT2D eigenvalue weighted by Crippen LogP contribution is -2.45. The van der Waals surface area contributed by atoms with Gasteiger partial charge in [0.2, 0.25) is 0 Å². The number of rotatable bonds is 4. The summed E-state index contributed by atoms with van der Waals surface area (Å²) in [6.07, 6.45) is -5.24. The van der Waals surface area contributed by atoms with Gasteiger partial charge in [-0.2, -0.15) is 13.2 Å². The predicted octanol–water partition coefficient (Wildman–Crippen LogP) is 4.53. The molecule has 0 bridgehead atoms. The highest BCUT2D eigenvalue weighted by molar-refractivity contribution is 6.00. The first-order chi connectivity index (χ1) is 16.9. The van der Waals surface area contributed by atoms with E-state index in [0.29, 0.717) is 12.7 Å². The molecule has 0 N–H and O–H groups in total. The number of Topliss-reactive ketones (excluding diaryl/α,β-unsaturated/α-hetero) is 1. The molecule has 1 aromatic heterocycles. The van der Waals surface area contributed by atoms with Crippen LogP contribution in [0.1, 0.15) is 63.2 Å². The summed E-state index contributed by atoms with van der Waals surface area (Å²) in [7, 11) is 1.51. The molecule has 9 nitrogen and oxygen atoms in total. The molecule has 0 saturated carbocycles. The molecular weight excluding hydrogens is 495 g/mol. The van der Waals surface area contributed by atoms with Gasteiger partial charge < -0.3 is 24.0 Å². The summed E-state index contributed by atoms with van der Waals surface area (Å²) in [6.45, 7) is 10.6. The Balaban J connectivity index is 1.70. The number of amides is 2. The molecule has 0 aromatic carbocycles. The Bertz CT molecular complexity index is 1060. The van der Waals surface area contributed by atoms with Gasteiger partial charge in [0.25, 0.3) is 0 Å². The molecule has 2 saturated heterocycles. The van der Waals surface area contributed by atoms with E-state index < -0.39 is 52.9 Å². The number of hydrogen-bond acceptors (Lipinski definition) is 7. The van der Waals surface area contributed by atoms with Crippen LogP contribution in [0, 0.1) is 11.3 Å². The molecule has 1 aromatic rings. The highest BCUT2D eigenvalue weighted by atomic mass is 19.4. The summed E-state index contributed by atoms with van der Waals surface area (Å²) in [5, 5.41) is 0. The minimum absolute atomic E-state index is 0.0572. The van der Waals surface area contributed by atoms with Crippen molar-refractivity contribution in [3.63, 3.8) is 0 Å². The van der Waals surface area contributed by atoms with Crippen LogP contribution in [0.15, 0.2) is 12.3 Å². The Morgan fingerprint density at radius 2 is 1.59 bits per heavy atom. The molecule has 2 amide bonds. The van der Waals surface area contributed by atoms with Crippen LogP contribution in [0.5, 0.6) is 0 Å². The first-order valence-corrected chi connectivity index (χ1v) is 11.9. The first-order valence-electron chi connectivity index (χ1n) is 11.9. The summed E-state index contributed by atoms with van der Waals surface area (Å²) in [5.41, 5.74) is -3.77. The van der Waals surface area contributed by atoms with Crippen molar-refractivity contribution in [3.05, 3.63) is 29.1 Å². The summed E-state index contributed by atoms with van der Waals surface area (Å²) in [6, 6.07) is 0.745. The Morgan fingerprint density at radius 1 is 1.03 bits per heavy atom. The molecule has 0 spiro atoms. The molecule has 3 heterocycles. The number of alkyl halides is 3. The minimum atomic E-state index is -4.68. The fourth-order valence-electron chi connectivity index (χ4n) is 4.49. The second-order valence-electron chi connectivity index (χ2n) is 11.6. The fraction of sp³-hybridized carbons (Fsp3) is 0.680. The van der Waals surface area contributed by atoms with Crippen LogP contribution in [-0.2, 0) is 27.0 Å². The predicted molar refractivity (Wildman–Crippen MR) is 126 cm³/mol. The van der Waals surface area contributed by atoms with Gasteiger partial charge in [0.1, 0.15) is 17.8 Å². The van der Waals surface area contributed by atoms with Gasteiger partial charge in [-0.15, -0.1) is 0 Å². The largest absolute Gasteiger partial charge is 0.444 e. The second kappa shape index (κ2) is 9.77. The van der Waals surface area contributed by atoms with Crippen molar-refractivity contribution >= 4 is 18.0 Å². The number of pyridine rings is 1. The lowest BCUT2D eigenvalue weighted by Gasteiger charge is -2.29. The topological polar surface area (TPSA) is 98.3 Å². The van der Waals surface area contributed by atoms with Crippen molar-refractivity contribution in [1.29, 1.82) is 0 Å². The minimum Gasteiger partial charge on any atom is -0.444 e. The third-order valence-electron chi connectivity index (χ3n) is 6.41. The number of fused-ring (bicyclic) bond motifs is 1. The quantitative estimate of drug-likeness (QED) is 0.529. The van der Waals surface area contributed by atoms with E-state index in [0.717, 1.165) is 6.07 Å². The SMILES string of the molecule is CO[C@]12CN(C(=O)OCc3ncc(C(F)(F)F)cc3C(=O)C(C)(C)C)C[C@@H]1CN(C(=O)OC(C)(C)C)C2. The van der Waals surface area contributed by atoms with Crippen LogP contribution in [0.25, 0.3) is 0 Å². The Kier molecular flexibility index (Phi) is 7.57. The number of ether oxygens (including phenoxy) is 3. The number of methoxy groups -OCH3 is 1. The van der Waals surface area contributed by atoms with E-state index in [4.69, 9.17) is 14.2 Å². The Labute approximate surface area is 214 Å². The van der Waals surface area contributed by atoms with Crippen LogP contribution in [0.2, 0.25) is 0 Å². The van der Waals surface area contributed by atoms with Crippen LogP contribution in [0.3, 0.4) is 0 Å². The zero-order valence-electron chi connectivity index (χ0n) is 22.2. The van der Waals surface area contributed by atoms with Crippen LogP contribution < -0.4 is 0 Å². The van der Waals surface area contributed by atoms with E-state index in [1.807, 2.05) is 0 Å². The zero-order chi connectivity index (χ0) is 28.0. The highest BCUT2D eigenvalue weighted by Crippen LogP contribution is 2.39. The van der Waals surface area contributed by atoms with E-state index in [1.54, 1.807) is 46.4 Å². The Hall–Kier alpha value is -2.89. The van der Waals surface area contributed by atoms with Crippen molar-refractivity contribution in [2.24, 2.45) is 11.3 Å². The molecule has 0 aliphatic carbocycles. The molecule has 37 heavy (non-hydrogen) atoms. The van der Waals surface area contributed by atoms with Gasteiger partial charge in [0, 0.05) is 43.3 Å². The van der Waals surface area contributed by atoms with Crippen LogP contribution >= 0.6 is 0 Å². The average Bonchev–Trinajstić information content (AvgIpc) is 3.29. The van der Waals surface area contributed by atoms with Crippen molar-refractivity contribution < 1.29 is 41.8 Å². The average molecular weight is 530 g/mol. The Morgan fingerprint density at radius 3 is 2.05 bits per heavy atom. The van der Waals surface area contributed by atoms with E-state index in [9.17, 15) is 27.6 Å². The van der Waals surface area contributed by atoms with Crippen molar-refractivity contribution in [2.75, 3.05) is 33.3 Å². The smallest absolute Gasteiger partial charge is 0.417 e. The molecule has 206 valence electrons. The van der Waals surface area contributed by atoms with Gasteiger partial charge in [0.15, 0.2) is 5.78 Å². The molecule has 0 radical (unpaired) electrons. The third-order valence-corrected chi connectivity index (χ3v) is 6.41. The molecule has 12 heteroatoms. The number of likely N-dealkylation sites (tertiary alicyclic amines) is 2. The van der Waals surface area contributed by atoms with E-state index in [-0.39, 0.29) is 36.8 Å².